The van der Waals surface area contributed by atoms with E-state index >= 15 is 0 Å². The Hall–Kier alpha value is -3.13. The van der Waals surface area contributed by atoms with Crippen LogP contribution in [0.5, 0.6) is 0 Å². The maximum Gasteiger partial charge on any atom is 0.264 e. The molecule has 2 aliphatic rings. The van der Waals surface area contributed by atoms with Gasteiger partial charge < -0.3 is 10.6 Å². The highest BCUT2D eigenvalue weighted by Crippen LogP contribution is 2.37. The van der Waals surface area contributed by atoms with Crippen LogP contribution in [0.4, 0.5) is 5.69 Å². The van der Waals surface area contributed by atoms with Crippen LogP contribution < -0.4 is 14.9 Å². The number of fused-ring (bicyclic) bond motifs is 1. The summed E-state index contributed by atoms with van der Waals surface area (Å²) in [7, 11) is -3.82. The average molecular weight is 440 g/mol. The van der Waals surface area contributed by atoms with Gasteiger partial charge in [-0.1, -0.05) is 24.8 Å². The third-order valence-corrected chi connectivity index (χ3v) is 7.48. The van der Waals surface area contributed by atoms with Gasteiger partial charge in [-0.15, -0.1) is 0 Å². The normalized spacial score (nSPS) is 18.1. The molecule has 162 valence electrons. The van der Waals surface area contributed by atoms with Crippen molar-refractivity contribution in [2.24, 2.45) is 5.92 Å². The van der Waals surface area contributed by atoms with Crippen LogP contribution in [-0.2, 0) is 14.8 Å². The van der Waals surface area contributed by atoms with Gasteiger partial charge in [0.1, 0.15) is 0 Å². The van der Waals surface area contributed by atoms with Gasteiger partial charge >= 0.3 is 0 Å². The van der Waals surface area contributed by atoms with Crippen molar-refractivity contribution in [2.75, 3.05) is 17.4 Å². The van der Waals surface area contributed by atoms with Crippen LogP contribution in [0.15, 0.2) is 66.1 Å². The minimum Gasteiger partial charge on any atom is -0.352 e. The van der Waals surface area contributed by atoms with E-state index in [0.717, 1.165) is 18.4 Å². The number of hydrogen-bond donors (Lipinski definition) is 2. The van der Waals surface area contributed by atoms with Crippen molar-refractivity contribution >= 4 is 27.5 Å². The van der Waals surface area contributed by atoms with Crippen molar-refractivity contribution in [2.45, 2.75) is 30.2 Å². The minimum atomic E-state index is -3.82. The predicted octanol–water partition coefficient (Wildman–Crippen LogP) is 2.77. The van der Waals surface area contributed by atoms with E-state index in [1.807, 2.05) is 12.1 Å². The zero-order chi connectivity index (χ0) is 22.0. The SMILES string of the molecule is C=CC(=O)NC1CCN(S(=O)(=O)c2ccc(C(=O)NCC3CC3)cc2)c2ccccc21. The highest BCUT2D eigenvalue weighted by Gasteiger charge is 2.33. The minimum absolute atomic E-state index is 0.120. The number of carbonyl (C=O) groups excluding carboxylic acids is 2. The molecular formula is C23H25N3O4S. The molecule has 2 aromatic rings. The Kier molecular flexibility index (Phi) is 5.82. The topological polar surface area (TPSA) is 95.6 Å². The first kappa shape index (κ1) is 21.1. The van der Waals surface area contributed by atoms with Crippen molar-refractivity contribution in [3.63, 3.8) is 0 Å². The Balaban J connectivity index is 1.56. The fourth-order valence-corrected chi connectivity index (χ4v) is 5.23. The Bertz CT molecular complexity index is 1110. The third-order valence-electron chi connectivity index (χ3n) is 5.66. The Labute approximate surface area is 182 Å². The largest absolute Gasteiger partial charge is 0.352 e. The molecule has 0 aromatic heterocycles. The summed E-state index contributed by atoms with van der Waals surface area (Å²) in [5.41, 5.74) is 1.71. The van der Waals surface area contributed by atoms with Crippen molar-refractivity contribution in [3.05, 3.63) is 72.3 Å². The molecule has 0 spiro atoms. The first-order chi connectivity index (χ1) is 14.9. The standard InChI is InChI=1S/C23H25N3O4S/c1-2-22(27)25-20-13-14-26(21-6-4-3-5-19(20)21)31(29,30)18-11-9-17(10-12-18)23(28)24-15-16-7-8-16/h2-6,9-12,16,20H,1,7-8,13-15H2,(H,24,28)(H,25,27). The van der Waals surface area contributed by atoms with Crippen LogP contribution in [0.2, 0.25) is 0 Å². The van der Waals surface area contributed by atoms with Crippen LogP contribution in [-0.4, -0.2) is 33.3 Å². The summed E-state index contributed by atoms with van der Waals surface area (Å²) < 4.78 is 28.1. The summed E-state index contributed by atoms with van der Waals surface area (Å²) in [6.07, 6.45) is 3.94. The van der Waals surface area contributed by atoms with E-state index in [9.17, 15) is 18.0 Å². The van der Waals surface area contributed by atoms with Crippen LogP contribution in [0.3, 0.4) is 0 Å². The number of sulfonamides is 1. The lowest BCUT2D eigenvalue weighted by atomic mass is 9.98. The van der Waals surface area contributed by atoms with Gasteiger partial charge in [-0.05, 0) is 67.2 Å². The lowest BCUT2D eigenvalue weighted by Crippen LogP contribution is -2.40. The van der Waals surface area contributed by atoms with Gasteiger partial charge in [-0.25, -0.2) is 8.42 Å². The molecule has 4 rings (SSSR count). The van der Waals surface area contributed by atoms with Gasteiger partial charge in [-0.2, -0.15) is 0 Å². The summed E-state index contributed by atoms with van der Waals surface area (Å²) in [6, 6.07) is 12.9. The maximum atomic E-state index is 13.4. The Morgan fingerprint density at radius 3 is 2.45 bits per heavy atom. The zero-order valence-corrected chi connectivity index (χ0v) is 17.9. The molecule has 1 unspecified atom stereocenters. The van der Waals surface area contributed by atoms with Crippen LogP contribution in [0.1, 0.15) is 41.2 Å². The molecule has 0 bridgehead atoms. The fourth-order valence-electron chi connectivity index (χ4n) is 3.73. The molecule has 31 heavy (non-hydrogen) atoms. The second-order valence-electron chi connectivity index (χ2n) is 7.87. The number of para-hydroxylation sites is 1. The first-order valence-electron chi connectivity index (χ1n) is 10.3. The molecule has 8 heteroatoms. The summed E-state index contributed by atoms with van der Waals surface area (Å²) in [5.74, 6) is 0.0782. The van der Waals surface area contributed by atoms with Gasteiger partial charge in [-0.3, -0.25) is 13.9 Å². The van der Waals surface area contributed by atoms with Crippen molar-refractivity contribution in [1.82, 2.24) is 10.6 Å². The second kappa shape index (κ2) is 8.55. The van der Waals surface area contributed by atoms with E-state index in [1.54, 1.807) is 12.1 Å². The van der Waals surface area contributed by atoms with Crippen LogP contribution in [0.25, 0.3) is 0 Å². The summed E-state index contributed by atoms with van der Waals surface area (Å²) in [5, 5.41) is 5.74. The number of anilines is 1. The van der Waals surface area contributed by atoms with Crippen molar-refractivity contribution in [3.8, 4) is 0 Å². The lowest BCUT2D eigenvalue weighted by molar-refractivity contribution is -0.117. The number of amides is 2. The molecule has 1 aliphatic heterocycles. The molecular weight excluding hydrogens is 414 g/mol. The molecule has 1 atom stereocenters. The summed E-state index contributed by atoms with van der Waals surface area (Å²) >= 11 is 0. The average Bonchev–Trinajstić information content (AvgIpc) is 3.62. The Morgan fingerprint density at radius 1 is 1.06 bits per heavy atom. The first-order valence-corrected chi connectivity index (χ1v) is 11.8. The monoisotopic (exact) mass is 439 g/mol. The zero-order valence-electron chi connectivity index (χ0n) is 17.1. The molecule has 1 heterocycles. The van der Waals surface area contributed by atoms with Crippen molar-refractivity contribution < 1.29 is 18.0 Å². The van der Waals surface area contributed by atoms with Gasteiger partial charge in [0, 0.05) is 18.7 Å². The number of benzene rings is 2. The fraction of sp³-hybridized carbons (Fsp3) is 0.304. The van der Waals surface area contributed by atoms with E-state index in [0.29, 0.717) is 30.1 Å². The van der Waals surface area contributed by atoms with Crippen LogP contribution in [0, 0.1) is 5.92 Å². The van der Waals surface area contributed by atoms with Crippen LogP contribution >= 0.6 is 0 Å². The van der Waals surface area contributed by atoms with E-state index in [-0.39, 0.29) is 29.3 Å². The van der Waals surface area contributed by atoms with Gasteiger partial charge in [0.05, 0.1) is 16.6 Å². The molecule has 1 saturated carbocycles. The van der Waals surface area contributed by atoms with Gasteiger partial charge in [0.2, 0.25) is 5.91 Å². The molecule has 1 aliphatic carbocycles. The van der Waals surface area contributed by atoms with E-state index in [4.69, 9.17) is 0 Å². The summed E-state index contributed by atoms with van der Waals surface area (Å²) in [6.45, 7) is 4.36. The lowest BCUT2D eigenvalue weighted by Gasteiger charge is -2.35. The number of carbonyl (C=O) groups is 2. The van der Waals surface area contributed by atoms with Gasteiger partial charge in [0.25, 0.3) is 15.9 Å². The predicted molar refractivity (Wildman–Crippen MR) is 118 cm³/mol. The molecule has 2 amide bonds. The molecule has 7 nitrogen and oxygen atoms in total. The number of nitrogens with zero attached hydrogens (tertiary/aromatic N) is 1. The van der Waals surface area contributed by atoms with E-state index in [2.05, 4.69) is 17.2 Å². The molecule has 2 aromatic carbocycles. The molecule has 0 saturated heterocycles. The van der Waals surface area contributed by atoms with Crippen molar-refractivity contribution in [1.29, 1.82) is 0 Å². The smallest absolute Gasteiger partial charge is 0.264 e. The number of nitrogens with one attached hydrogen (secondary N) is 2. The van der Waals surface area contributed by atoms with E-state index < -0.39 is 10.0 Å². The summed E-state index contributed by atoms with van der Waals surface area (Å²) in [4.78, 5) is 24.1. The van der Waals surface area contributed by atoms with Gasteiger partial charge in [0.15, 0.2) is 0 Å². The Morgan fingerprint density at radius 2 is 1.77 bits per heavy atom. The van der Waals surface area contributed by atoms with E-state index in [1.165, 1.54) is 34.6 Å². The molecule has 1 fully saturated rings. The highest BCUT2D eigenvalue weighted by atomic mass is 32.2. The number of rotatable bonds is 7. The molecule has 0 radical (unpaired) electrons. The second-order valence-corrected chi connectivity index (χ2v) is 9.73. The molecule has 2 N–H and O–H groups in total. The number of hydrogen-bond acceptors (Lipinski definition) is 4. The highest BCUT2D eigenvalue weighted by molar-refractivity contribution is 7.92. The quantitative estimate of drug-likeness (QED) is 0.649. The maximum absolute atomic E-state index is 13.4. The third kappa shape index (κ3) is 4.49.